The summed E-state index contributed by atoms with van der Waals surface area (Å²) in [5, 5.41) is 17.3. The Balaban J connectivity index is 2.04. The van der Waals surface area contributed by atoms with Crippen molar-refractivity contribution in [2.75, 3.05) is 20.3 Å². The number of aliphatic hydroxyl groups is 1. The molecule has 2 aromatic heterocycles. The van der Waals surface area contributed by atoms with Gasteiger partial charge >= 0.3 is 0 Å². The number of hydrogen-bond acceptors (Lipinski definition) is 6. The first-order valence-corrected chi connectivity index (χ1v) is 6.53. The van der Waals surface area contributed by atoms with Crippen molar-refractivity contribution in [3.8, 4) is 10.6 Å². The summed E-state index contributed by atoms with van der Waals surface area (Å²) in [4.78, 5) is 12.8. The van der Waals surface area contributed by atoms with E-state index in [2.05, 4.69) is 10.5 Å². The number of rotatable bonds is 6. The maximum atomic E-state index is 11.9. The molecule has 0 bridgehead atoms. The molecule has 0 aliphatic heterocycles. The molecule has 102 valence electrons. The van der Waals surface area contributed by atoms with Crippen LogP contribution in [0, 0.1) is 0 Å². The normalized spacial score (nSPS) is 12.3. The molecule has 0 aliphatic carbocycles. The minimum Gasteiger partial charge on any atom is -0.394 e. The zero-order valence-corrected chi connectivity index (χ0v) is 11.1. The molecule has 2 rings (SSSR count). The Bertz CT molecular complexity index is 524. The van der Waals surface area contributed by atoms with Crippen molar-refractivity contribution < 1.29 is 19.2 Å². The van der Waals surface area contributed by atoms with Crippen molar-refractivity contribution in [3.63, 3.8) is 0 Å². The number of aromatic nitrogens is 1. The topological polar surface area (TPSA) is 84.6 Å². The van der Waals surface area contributed by atoms with Crippen LogP contribution in [0.1, 0.15) is 10.5 Å². The van der Waals surface area contributed by atoms with Crippen LogP contribution in [0.3, 0.4) is 0 Å². The molecule has 1 atom stereocenters. The molecular formula is C12H14N2O4S. The fourth-order valence-electron chi connectivity index (χ4n) is 1.52. The van der Waals surface area contributed by atoms with E-state index in [4.69, 9.17) is 14.4 Å². The molecule has 0 spiro atoms. The molecule has 2 heterocycles. The van der Waals surface area contributed by atoms with Crippen molar-refractivity contribution in [2.45, 2.75) is 6.04 Å². The summed E-state index contributed by atoms with van der Waals surface area (Å²) in [5.41, 5.74) is 0.179. The van der Waals surface area contributed by atoms with Gasteiger partial charge in [0, 0.05) is 13.2 Å². The van der Waals surface area contributed by atoms with Gasteiger partial charge in [-0.2, -0.15) is 0 Å². The quantitative estimate of drug-likeness (QED) is 0.830. The average molecular weight is 282 g/mol. The summed E-state index contributed by atoms with van der Waals surface area (Å²) in [6, 6.07) is 4.89. The minimum atomic E-state index is -0.459. The number of ether oxygens (including phenoxy) is 1. The lowest BCUT2D eigenvalue weighted by Gasteiger charge is -2.13. The summed E-state index contributed by atoms with van der Waals surface area (Å²) < 4.78 is 9.99. The van der Waals surface area contributed by atoms with E-state index in [1.807, 2.05) is 17.5 Å². The molecule has 1 unspecified atom stereocenters. The third-order valence-corrected chi connectivity index (χ3v) is 3.31. The lowest BCUT2D eigenvalue weighted by Crippen LogP contribution is -2.40. The lowest BCUT2D eigenvalue weighted by atomic mass is 10.3. The molecule has 0 saturated carbocycles. The average Bonchev–Trinajstić information content (AvgIpc) is 3.08. The zero-order chi connectivity index (χ0) is 13.7. The van der Waals surface area contributed by atoms with Crippen molar-refractivity contribution >= 4 is 17.2 Å². The first-order chi connectivity index (χ1) is 9.24. The van der Waals surface area contributed by atoms with Gasteiger partial charge in [0.25, 0.3) is 5.91 Å². The van der Waals surface area contributed by atoms with Crippen molar-refractivity contribution in [1.82, 2.24) is 10.5 Å². The number of aliphatic hydroxyl groups excluding tert-OH is 1. The summed E-state index contributed by atoms with van der Waals surface area (Å²) in [6.45, 7) is 0.0348. The van der Waals surface area contributed by atoms with Crippen LogP contribution in [0.4, 0.5) is 0 Å². The highest BCUT2D eigenvalue weighted by atomic mass is 32.1. The van der Waals surface area contributed by atoms with Crippen molar-refractivity contribution in [1.29, 1.82) is 0 Å². The maximum Gasteiger partial charge on any atom is 0.273 e. The SMILES string of the molecule is COCC(CO)NC(=O)c1cc(-c2cccs2)on1. The smallest absolute Gasteiger partial charge is 0.273 e. The van der Waals surface area contributed by atoms with Gasteiger partial charge in [0.15, 0.2) is 11.5 Å². The van der Waals surface area contributed by atoms with Crippen LogP contribution >= 0.6 is 11.3 Å². The lowest BCUT2D eigenvalue weighted by molar-refractivity contribution is 0.0831. The van der Waals surface area contributed by atoms with E-state index >= 15 is 0 Å². The van der Waals surface area contributed by atoms with Gasteiger partial charge in [-0.1, -0.05) is 11.2 Å². The number of methoxy groups -OCH3 is 1. The third kappa shape index (κ3) is 3.40. The molecule has 0 aromatic carbocycles. The van der Waals surface area contributed by atoms with E-state index in [9.17, 15) is 4.79 Å². The van der Waals surface area contributed by atoms with Crippen LogP contribution in [0.25, 0.3) is 10.6 Å². The van der Waals surface area contributed by atoms with Crippen LogP contribution in [-0.2, 0) is 4.74 Å². The fraction of sp³-hybridized carbons (Fsp3) is 0.333. The van der Waals surface area contributed by atoms with Crippen LogP contribution < -0.4 is 5.32 Å². The minimum absolute atomic E-state index is 0.179. The van der Waals surface area contributed by atoms with Gasteiger partial charge in [-0.25, -0.2) is 0 Å². The molecular weight excluding hydrogens is 268 g/mol. The van der Waals surface area contributed by atoms with Gasteiger partial charge in [0.05, 0.1) is 24.1 Å². The molecule has 2 N–H and O–H groups in total. The first kappa shape index (κ1) is 13.7. The summed E-state index contributed by atoms with van der Waals surface area (Å²) in [5.74, 6) is 0.148. The number of amides is 1. The Morgan fingerprint density at radius 2 is 2.53 bits per heavy atom. The van der Waals surface area contributed by atoms with Gasteiger partial charge in [0.1, 0.15) is 0 Å². The predicted molar refractivity (Wildman–Crippen MR) is 70.0 cm³/mol. The first-order valence-electron chi connectivity index (χ1n) is 5.66. The maximum absolute atomic E-state index is 11.9. The number of carbonyl (C=O) groups is 1. The highest BCUT2D eigenvalue weighted by Crippen LogP contribution is 2.24. The Morgan fingerprint density at radius 3 is 3.16 bits per heavy atom. The highest BCUT2D eigenvalue weighted by molar-refractivity contribution is 7.13. The van der Waals surface area contributed by atoms with Crippen LogP contribution in [0.5, 0.6) is 0 Å². The molecule has 0 fully saturated rings. The summed E-state index contributed by atoms with van der Waals surface area (Å²) in [7, 11) is 1.50. The number of thiophene rings is 1. The monoisotopic (exact) mass is 282 g/mol. The van der Waals surface area contributed by atoms with Gasteiger partial charge < -0.3 is 19.7 Å². The molecule has 0 radical (unpaired) electrons. The predicted octanol–water partition coefficient (Wildman–Crippen LogP) is 1.14. The van der Waals surface area contributed by atoms with E-state index in [0.717, 1.165) is 4.88 Å². The Hall–Kier alpha value is -1.70. The zero-order valence-electron chi connectivity index (χ0n) is 10.3. The summed E-state index contributed by atoms with van der Waals surface area (Å²) in [6.07, 6.45) is 0. The molecule has 7 heteroatoms. The van der Waals surface area contributed by atoms with E-state index in [1.165, 1.54) is 18.4 Å². The number of nitrogens with one attached hydrogen (secondary N) is 1. The number of carbonyl (C=O) groups excluding carboxylic acids is 1. The van der Waals surface area contributed by atoms with Crippen LogP contribution in [0.15, 0.2) is 28.1 Å². The van der Waals surface area contributed by atoms with Gasteiger partial charge in [-0.3, -0.25) is 4.79 Å². The second kappa shape index (κ2) is 6.46. The fourth-order valence-corrected chi connectivity index (χ4v) is 2.19. The second-order valence-electron chi connectivity index (χ2n) is 3.86. The van der Waals surface area contributed by atoms with Gasteiger partial charge in [-0.15, -0.1) is 11.3 Å². The molecule has 0 aliphatic rings. The van der Waals surface area contributed by atoms with E-state index in [0.29, 0.717) is 5.76 Å². The van der Waals surface area contributed by atoms with Gasteiger partial charge in [0.2, 0.25) is 0 Å². The summed E-state index contributed by atoms with van der Waals surface area (Å²) >= 11 is 1.50. The molecule has 6 nitrogen and oxygen atoms in total. The Morgan fingerprint density at radius 1 is 1.68 bits per heavy atom. The van der Waals surface area contributed by atoms with E-state index in [1.54, 1.807) is 6.07 Å². The third-order valence-electron chi connectivity index (χ3n) is 2.43. The number of nitrogens with zero attached hydrogens (tertiary/aromatic N) is 1. The van der Waals surface area contributed by atoms with E-state index < -0.39 is 11.9 Å². The van der Waals surface area contributed by atoms with E-state index in [-0.39, 0.29) is 18.9 Å². The van der Waals surface area contributed by atoms with Crippen LogP contribution in [0.2, 0.25) is 0 Å². The van der Waals surface area contributed by atoms with Crippen molar-refractivity contribution in [2.24, 2.45) is 0 Å². The van der Waals surface area contributed by atoms with Crippen LogP contribution in [-0.4, -0.2) is 42.5 Å². The largest absolute Gasteiger partial charge is 0.394 e. The van der Waals surface area contributed by atoms with Crippen molar-refractivity contribution in [3.05, 3.63) is 29.3 Å². The molecule has 1 amide bonds. The molecule has 2 aromatic rings. The Kier molecular flexibility index (Phi) is 4.67. The number of hydrogen-bond donors (Lipinski definition) is 2. The molecule has 19 heavy (non-hydrogen) atoms. The second-order valence-corrected chi connectivity index (χ2v) is 4.81. The highest BCUT2D eigenvalue weighted by Gasteiger charge is 2.17. The molecule has 0 saturated heterocycles. The van der Waals surface area contributed by atoms with Gasteiger partial charge in [-0.05, 0) is 11.4 Å². The standard InChI is InChI=1S/C12H14N2O4S/c1-17-7-8(6-15)13-12(16)9-5-10(18-14-9)11-3-2-4-19-11/h2-5,8,15H,6-7H2,1H3,(H,13,16). The Labute approximate surface area is 114 Å².